The summed E-state index contributed by atoms with van der Waals surface area (Å²) in [6, 6.07) is 7.12. The van der Waals surface area contributed by atoms with Crippen molar-refractivity contribution in [3.05, 3.63) is 29.3 Å². The molecule has 110 valence electrons. The highest BCUT2D eigenvalue weighted by Gasteiger charge is 2.45. The highest BCUT2D eigenvalue weighted by molar-refractivity contribution is 6.30. The van der Waals surface area contributed by atoms with Crippen LogP contribution in [0, 0.1) is 10.8 Å². The number of hydrogen-bond acceptors (Lipinski definition) is 2. The second-order valence-electron chi connectivity index (χ2n) is 6.93. The molecule has 1 amide bonds. The van der Waals surface area contributed by atoms with Gasteiger partial charge in [0.2, 0.25) is 5.91 Å². The van der Waals surface area contributed by atoms with E-state index in [2.05, 4.69) is 19.2 Å². The fraction of sp³-hybridized carbons (Fsp3) is 0.562. The van der Waals surface area contributed by atoms with Crippen molar-refractivity contribution in [3.8, 4) is 0 Å². The molecule has 4 heteroatoms. The van der Waals surface area contributed by atoms with Crippen molar-refractivity contribution >= 4 is 23.2 Å². The van der Waals surface area contributed by atoms with E-state index in [9.17, 15) is 9.90 Å². The molecule has 20 heavy (non-hydrogen) atoms. The van der Waals surface area contributed by atoms with Crippen LogP contribution in [0.2, 0.25) is 5.02 Å². The number of carbonyl (C=O) groups excluding carboxylic acids is 1. The Morgan fingerprint density at radius 2 is 2.05 bits per heavy atom. The fourth-order valence-corrected chi connectivity index (χ4v) is 3.64. The highest BCUT2D eigenvalue weighted by atomic mass is 35.5. The molecule has 0 heterocycles. The lowest BCUT2D eigenvalue weighted by Crippen LogP contribution is -2.45. The number of aliphatic hydroxyl groups is 1. The van der Waals surface area contributed by atoms with Gasteiger partial charge >= 0.3 is 0 Å². The predicted molar refractivity (Wildman–Crippen MR) is 81.8 cm³/mol. The van der Waals surface area contributed by atoms with Gasteiger partial charge in [0.15, 0.2) is 0 Å². The third-order valence-electron chi connectivity index (χ3n) is 3.97. The summed E-state index contributed by atoms with van der Waals surface area (Å²) in [6.07, 6.45) is 1.59. The summed E-state index contributed by atoms with van der Waals surface area (Å²) in [7, 11) is 0. The zero-order valence-electron chi connectivity index (χ0n) is 12.2. The standard InChI is InChI=1S/C16H22ClNO2/c1-15(2)8-13(19)9-16(3,10-15)14(20)18-12-6-4-5-11(17)7-12/h4-7,13,19H,8-10H2,1-3H3,(H,18,20). The molecule has 2 unspecified atom stereocenters. The van der Waals surface area contributed by atoms with Gasteiger partial charge < -0.3 is 10.4 Å². The minimum Gasteiger partial charge on any atom is -0.393 e. The van der Waals surface area contributed by atoms with Crippen LogP contribution in [0.4, 0.5) is 5.69 Å². The Morgan fingerprint density at radius 3 is 2.65 bits per heavy atom. The fourth-order valence-electron chi connectivity index (χ4n) is 3.45. The SMILES string of the molecule is CC1(C)CC(O)CC(C)(C(=O)Nc2cccc(Cl)c2)C1. The molecule has 1 fully saturated rings. The lowest BCUT2D eigenvalue weighted by molar-refractivity contribution is -0.132. The van der Waals surface area contributed by atoms with Gasteiger partial charge in [-0.15, -0.1) is 0 Å². The molecule has 2 rings (SSSR count). The summed E-state index contributed by atoms with van der Waals surface area (Å²) in [6.45, 7) is 6.12. The topological polar surface area (TPSA) is 49.3 Å². The van der Waals surface area contributed by atoms with Crippen molar-refractivity contribution in [2.45, 2.75) is 46.1 Å². The first-order valence-electron chi connectivity index (χ1n) is 6.95. The van der Waals surface area contributed by atoms with E-state index in [0.29, 0.717) is 17.1 Å². The third-order valence-corrected chi connectivity index (χ3v) is 4.21. The van der Waals surface area contributed by atoms with Crippen LogP contribution in [0.3, 0.4) is 0 Å². The number of amides is 1. The minimum atomic E-state index is -0.552. The van der Waals surface area contributed by atoms with Crippen molar-refractivity contribution in [1.29, 1.82) is 0 Å². The van der Waals surface area contributed by atoms with E-state index in [1.165, 1.54) is 0 Å². The molecule has 2 N–H and O–H groups in total. The molecule has 0 bridgehead atoms. The molecule has 1 aliphatic rings. The van der Waals surface area contributed by atoms with Gasteiger partial charge in [0.1, 0.15) is 0 Å². The van der Waals surface area contributed by atoms with Crippen molar-refractivity contribution in [2.75, 3.05) is 5.32 Å². The number of benzene rings is 1. The molecule has 1 aliphatic carbocycles. The largest absolute Gasteiger partial charge is 0.393 e. The summed E-state index contributed by atoms with van der Waals surface area (Å²) >= 11 is 5.93. The molecule has 2 atom stereocenters. The number of rotatable bonds is 2. The molecule has 0 aromatic heterocycles. The van der Waals surface area contributed by atoms with Crippen LogP contribution in [0.15, 0.2) is 24.3 Å². The van der Waals surface area contributed by atoms with Crippen LogP contribution in [0.1, 0.15) is 40.0 Å². The van der Waals surface area contributed by atoms with Crippen LogP contribution in [0.5, 0.6) is 0 Å². The molecule has 0 saturated heterocycles. The second kappa shape index (κ2) is 5.38. The van der Waals surface area contributed by atoms with Crippen molar-refractivity contribution in [2.24, 2.45) is 10.8 Å². The summed E-state index contributed by atoms with van der Waals surface area (Å²) in [5.74, 6) is -0.0495. The highest BCUT2D eigenvalue weighted by Crippen LogP contribution is 2.46. The van der Waals surface area contributed by atoms with Gasteiger partial charge in [0.25, 0.3) is 0 Å². The van der Waals surface area contributed by atoms with E-state index in [1.54, 1.807) is 18.2 Å². The van der Waals surface area contributed by atoms with Gasteiger partial charge in [0.05, 0.1) is 6.10 Å². The van der Waals surface area contributed by atoms with E-state index >= 15 is 0 Å². The van der Waals surface area contributed by atoms with Gasteiger partial charge in [-0.25, -0.2) is 0 Å². The smallest absolute Gasteiger partial charge is 0.230 e. The average Bonchev–Trinajstić information content (AvgIpc) is 2.25. The van der Waals surface area contributed by atoms with Crippen LogP contribution in [-0.4, -0.2) is 17.1 Å². The Hall–Kier alpha value is -1.06. The van der Waals surface area contributed by atoms with Crippen LogP contribution in [-0.2, 0) is 4.79 Å². The van der Waals surface area contributed by atoms with Crippen molar-refractivity contribution < 1.29 is 9.90 Å². The average molecular weight is 296 g/mol. The van der Waals surface area contributed by atoms with E-state index in [-0.39, 0.29) is 11.3 Å². The van der Waals surface area contributed by atoms with Crippen molar-refractivity contribution in [1.82, 2.24) is 0 Å². The molecule has 0 radical (unpaired) electrons. The van der Waals surface area contributed by atoms with Gasteiger partial charge in [-0.05, 0) is 42.9 Å². The zero-order valence-corrected chi connectivity index (χ0v) is 13.0. The van der Waals surface area contributed by atoms with Crippen LogP contribution >= 0.6 is 11.6 Å². The number of anilines is 1. The summed E-state index contributed by atoms with van der Waals surface area (Å²) in [5.41, 5.74) is 0.114. The maximum atomic E-state index is 12.6. The molecule has 0 aliphatic heterocycles. The lowest BCUT2D eigenvalue weighted by atomic mass is 9.63. The Bertz CT molecular complexity index is 515. The summed E-state index contributed by atoms with van der Waals surface area (Å²) < 4.78 is 0. The van der Waals surface area contributed by atoms with Crippen LogP contribution in [0.25, 0.3) is 0 Å². The molecular formula is C16H22ClNO2. The first kappa shape index (κ1) is 15.3. The monoisotopic (exact) mass is 295 g/mol. The normalized spacial score (nSPS) is 28.9. The van der Waals surface area contributed by atoms with Gasteiger partial charge in [0, 0.05) is 16.1 Å². The van der Waals surface area contributed by atoms with Gasteiger partial charge in [-0.2, -0.15) is 0 Å². The number of carbonyl (C=O) groups is 1. The maximum absolute atomic E-state index is 12.6. The molecular weight excluding hydrogens is 274 g/mol. The molecule has 1 saturated carbocycles. The van der Waals surface area contributed by atoms with Crippen LogP contribution < -0.4 is 5.32 Å². The molecule has 3 nitrogen and oxygen atoms in total. The quantitative estimate of drug-likeness (QED) is 0.870. The van der Waals surface area contributed by atoms with E-state index in [1.807, 2.05) is 13.0 Å². The zero-order chi connectivity index (χ0) is 15.0. The van der Waals surface area contributed by atoms with E-state index in [0.717, 1.165) is 12.8 Å². The second-order valence-corrected chi connectivity index (χ2v) is 7.36. The Balaban J connectivity index is 2.15. The minimum absolute atomic E-state index is 0.0297. The first-order valence-corrected chi connectivity index (χ1v) is 7.33. The van der Waals surface area contributed by atoms with E-state index in [4.69, 9.17) is 11.6 Å². The molecule has 0 spiro atoms. The van der Waals surface area contributed by atoms with Gasteiger partial charge in [-0.1, -0.05) is 38.4 Å². The number of nitrogens with one attached hydrogen (secondary N) is 1. The first-order chi connectivity index (χ1) is 9.20. The number of halogens is 1. The predicted octanol–water partition coefficient (Wildman–Crippen LogP) is 3.86. The Morgan fingerprint density at radius 1 is 1.35 bits per heavy atom. The van der Waals surface area contributed by atoms with Crippen molar-refractivity contribution in [3.63, 3.8) is 0 Å². The summed E-state index contributed by atoms with van der Waals surface area (Å²) in [4.78, 5) is 12.6. The Labute approximate surface area is 125 Å². The molecule has 1 aromatic carbocycles. The lowest BCUT2D eigenvalue weighted by Gasteiger charge is -2.43. The maximum Gasteiger partial charge on any atom is 0.230 e. The Kier molecular flexibility index (Phi) is 4.12. The number of aliphatic hydroxyl groups excluding tert-OH is 1. The molecule has 1 aromatic rings. The third kappa shape index (κ3) is 3.53. The van der Waals surface area contributed by atoms with E-state index < -0.39 is 11.5 Å². The van der Waals surface area contributed by atoms with Gasteiger partial charge in [-0.3, -0.25) is 4.79 Å². The summed E-state index contributed by atoms with van der Waals surface area (Å²) in [5, 5.41) is 13.5. The number of hydrogen-bond donors (Lipinski definition) is 2.